The van der Waals surface area contributed by atoms with Gasteiger partial charge in [-0.15, -0.1) is 11.3 Å². The summed E-state index contributed by atoms with van der Waals surface area (Å²) in [6.45, 7) is 12.1. The Balaban J connectivity index is 1.19. The molecule has 0 saturated carbocycles. The Morgan fingerprint density at radius 2 is 1.71 bits per heavy atom. The predicted octanol–water partition coefficient (Wildman–Crippen LogP) is 3.41. The third kappa shape index (κ3) is 6.05. The second-order valence-corrected chi connectivity index (χ2v) is 9.65. The van der Waals surface area contributed by atoms with Crippen LogP contribution in [0.4, 0.5) is 0 Å². The molecule has 2 fully saturated rings. The first kappa shape index (κ1) is 22.2. The Bertz CT molecular complexity index is 838. The third-order valence-corrected chi connectivity index (χ3v) is 7.14. The first-order valence-electron chi connectivity index (χ1n) is 11.5. The number of aromatic nitrogens is 1. The molecule has 0 bridgehead atoms. The van der Waals surface area contributed by atoms with Crippen LogP contribution in [-0.2, 0) is 17.9 Å². The summed E-state index contributed by atoms with van der Waals surface area (Å²) in [5.74, 6) is 1.48. The highest BCUT2D eigenvalue weighted by molar-refractivity contribution is 7.09. The molecule has 4 rings (SSSR count). The molecule has 1 aromatic carbocycles. The number of carbonyl (C=O) groups is 1. The van der Waals surface area contributed by atoms with Gasteiger partial charge >= 0.3 is 0 Å². The van der Waals surface area contributed by atoms with Crippen molar-refractivity contribution in [1.29, 1.82) is 0 Å². The van der Waals surface area contributed by atoms with E-state index in [1.54, 1.807) is 11.3 Å². The molecular weight excluding hydrogens is 408 g/mol. The van der Waals surface area contributed by atoms with Crippen molar-refractivity contribution in [2.45, 2.75) is 39.8 Å². The van der Waals surface area contributed by atoms with Crippen LogP contribution in [0.25, 0.3) is 0 Å². The van der Waals surface area contributed by atoms with E-state index >= 15 is 0 Å². The smallest absolute Gasteiger partial charge is 0.225 e. The van der Waals surface area contributed by atoms with Crippen LogP contribution in [0, 0.1) is 12.8 Å². The Morgan fingerprint density at radius 3 is 2.32 bits per heavy atom. The van der Waals surface area contributed by atoms with Crippen LogP contribution in [0.5, 0.6) is 5.75 Å². The molecule has 0 spiro atoms. The van der Waals surface area contributed by atoms with Crippen LogP contribution in [0.1, 0.15) is 36.0 Å². The van der Waals surface area contributed by atoms with Gasteiger partial charge in [0, 0.05) is 50.6 Å². The first-order chi connectivity index (χ1) is 15.1. The summed E-state index contributed by atoms with van der Waals surface area (Å²) in [5.41, 5.74) is 2.46. The molecule has 0 atom stereocenters. The van der Waals surface area contributed by atoms with Crippen molar-refractivity contribution < 1.29 is 9.53 Å². The Kier molecular flexibility index (Phi) is 7.58. The zero-order valence-corrected chi connectivity index (χ0v) is 19.6. The molecule has 0 aliphatic carbocycles. The number of rotatable bonds is 7. The van der Waals surface area contributed by atoms with Crippen LogP contribution in [0.2, 0.25) is 0 Å². The maximum Gasteiger partial charge on any atom is 0.225 e. The van der Waals surface area contributed by atoms with Gasteiger partial charge in [0.2, 0.25) is 5.91 Å². The van der Waals surface area contributed by atoms with Crippen molar-refractivity contribution in [3.8, 4) is 5.75 Å². The van der Waals surface area contributed by atoms with Crippen molar-refractivity contribution in [2.75, 3.05) is 45.9 Å². The zero-order valence-electron chi connectivity index (χ0n) is 18.8. The average Bonchev–Trinajstić information content (AvgIpc) is 3.20. The lowest BCUT2D eigenvalue weighted by molar-refractivity contribution is -0.139. The van der Waals surface area contributed by atoms with Gasteiger partial charge in [0.25, 0.3) is 0 Å². The SMILES string of the molecule is CCOc1ccc(CN2CCN(C(=O)C3CCN(Cc4csc(C)n4)CC3)CC2)cc1. The maximum atomic E-state index is 13.0. The minimum absolute atomic E-state index is 0.186. The molecule has 168 valence electrons. The molecule has 6 nitrogen and oxygen atoms in total. The number of hydrogen-bond donors (Lipinski definition) is 0. The number of nitrogens with zero attached hydrogens (tertiary/aromatic N) is 4. The van der Waals surface area contributed by atoms with Crippen LogP contribution in [0.15, 0.2) is 29.6 Å². The van der Waals surface area contributed by atoms with Crippen LogP contribution < -0.4 is 4.74 Å². The van der Waals surface area contributed by atoms with E-state index in [2.05, 4.69) is 44.1 Å². The highest BCUT2D eigenvalue weighted by Crippen LogP contribution is 2.23. The van der Waals surface area contributed by atoms with Gasteiger partial charge in [-0.2, -0.15) is 0 Å². The Hall–Kier alpha value is -1.96. The Labute approximate surface area is 189 Å². The largest absolute Gasteiger partial charge is 0.494 e. The second-order valence-electron chi connectivity index (χ2n) is 8.59. The molecule has 0 radical (unpaired) electrons. The van der Waals surface area contributed by atoms with Crippen molar-refractivity contribution in [3.05, 3.63) is 45.9 Å². The summed E-state index contributed by atoms with van der Waals surface area (Å²) in [7, 11) is 0. The molecule has 2 aliphatic rings. The van der Waals surface area contributed by atoms with Gasteiger partial charge in [-0.1, -0.05) is 12.1 Å². The maximum absolute atomic E-state index is 13.0. The standard InChI is InChI=1S/C24H34N4O2S/c1-3-30-23-6-4-20(5-7-23)16-27-12-14-28(15-13-27)24(29)21-8-10-26(11-9-21)17-22-18-31-19(2)25-22/h4-7,18,21H,3,8-17H2,1-2H3. The summed E-state index contributed by atoms with van der Waals surface area (Å²) < 4.78 is 5.52. The lowest BCUT2D eigenvalue weighted by Crippen LogP contribution is -2.51. The second kappa shape index (κ2) is 10.6. The van der Waals surface area contributed by atoms with Gasteiger partial charge in [-0.05, 0) is 57.5 Å². The van der Waals surface area contributed by atoms with Crippen molar-refractivity contribution in [1.82, 2.24) is 19.7 Å². The van der Waals surface area contributed by atoms with E-state index in [1.807, 2.05) is 19.1 Å². The fourth-order valence-corrected chi connectivity index (χ4v) is 5.15. The summed E-state index contributed by atoms with van der Waals surface area (Å²) in [6, 6.07) is 8.37. The van der Waals surface area contributed by atoms with E-state index in [0.29, 0.717) is 12.5 Å². The molecule has 7 heteroatoms. The summed E-state index contributed by atoms with van der Waals surface area (Å²) in [4.78, 5) is 24.6. The number of carbonyl (C=O) groups excluding carboxylic acids is 1. The number of benzene rings is 1. The van der Waals surface area contributed by atoms with Crippen LogP contribution >= 0.6 is 11.3 Å². The number of thiazole rings is 1. The van der Waals surface area contributed by atoms with E-state index in [4.69, 9.17) is 4.74 Å². The average molecular weight is 443 g/mol. The van der Waals surface area contributed by atoms with E-state index in [9.17, 15) is 4.79 Å². The molecule has 3 heterocycles. The molecule has 1 amide bonds. The molecule has 1 aromatic heterocycles. The number of ether oxygens (including phenoxy) is 1. The van der Waals surface area contributed by atoms with Crippen molar-refractivity contribution >= 4 is 17.2 Å². The normalized spacial score (nSPS) is 19.0. The van der Waals surface area contributed by atoms with Gasteiger partial charge < -0.3 is 9.64 Å². The number of hydrogen-bond acceptors (Lipinski definition) is 6. The number of piperidine rings is 1. The highest BCUT2D eigenvalue weighted by atomic mass is 32.1. The molecule has 0 unspecified atom stereocenters. The highest BCUT2D eigenvalue weighted by Gasteiger charge is 2.30. The van der Waals surface area contributed by atoms with E-state index < -0.39 is 0 Å². The zero-order chi connectivity index (χ0) is 21.6. The predicted molar refractivity (Wildman–Crippen MR) is 124 cm³/mol. The van der Waals surface area contributed by atoms with Crippen molar-refractivity contribution in [3.63, 3.8) is 0 Å². The van der Waals surface area contributed by atoms with Crippen molar-refractivity contribution in [2.24, 2.45) is 5.92 Å². The number of aryl methyl sites for hydroxylation is 1. The third-order valence-electron chi connectivity index (χ3n) is 6.31. The topological polar surface area (TPSA) is 48.9 Å². The van der Waals surface area contributed by atoms with Crippen LogP contribution in [-0.4, -0.2) is 71.5 Å². The lowest BCUT2D eigenvalue weighted by Gasteiger charge is -2.38. The molecule has 2 aliphatic heterocycles. The number of amides is 1. The molecule has 2 aromatic rings. The fourth-order valence-electron chi connectivity index (χ4n) is 4.55. The molecule has 0 N–H and O–H groups in total. The van der Waals surface area contributed by atoms with Gasteiger partial charge in [-0.3, -0.25) is 14.6 Å². The van der Waals surface area contributed by atoms with Gasteiger partial charge in [-0.25, -0.2) is 4.98 Å². The first-order valence-corrected chi connectivity index (χ1v) is 12.3. The molecular formula is C24H34N4O2S. The number of likely N-dealkylation sites (tertiary alicyclic amines) is 1. The molecule has 2 saturated heterocycles. The van der Waals surface area contributed by atoms with Crippen LogP contribution in [0.3, 0.4) is 0 Å². The quantitative estimate of drug-likeness (QED) is 0.658. The summed E-state index contributed by atoms with van der Waals surface area (Å²) >= 11 is 1.71. The molecule has 31 heavy (non-hydrogen) atoms. The van der Waals surface area contributed by atoms with E-state index in [0.717, 1.165) is 81.7 Å². The van der Waals surface area contributed by atoms with Gasteiger partial charge in [0.1, 0.15) is 5.75 Å². The number of piperazine rings is 1. The fraction of sp³-hybridized carbons (Fsp3) is 0.583. The monoisotopic (exact) mass is 442 g/mol. The Morgan fingerprint density at radius 1 is 1.03 bits per heavy atom. The van der Waals surface area contributed by atoms with E-state index in [-0.39, 0.29) is 5.92 Å². The minimum atomic E-state index is 0.186. The summed E-state index contributed by atoms with van der Waals surface area (Å²) in [5, 5.41) is 3.28. The summed E-state index contributed by atoms with van der Waals surface area (Å²) in [6.07, 6.45) is 1.93. The van der Waals surface area contributed by atoms with E-state index in [1.165, 1.54) is 5.56 Å². The van der Waals surface area contributed by atoms with Gasteiger partial charge in [0.05, 0.1) is 17.3 Å². The lowest BCUT2D eigenvalue weighted by atomic mass is 9.95. The minimum Gasteiger partial charge on any atom is -0.494 e. The van der Waals surface area contributed by atoms with Gasteiger partial charge in [0.15, 0.2) is 0 Å².